The number of nitrogens with zero attached hydrogens (tertiary/aromatic N) is 2. The van der Waals surface area contributed by atoms with Gasteiger partial charge in [-0.05, 0) is 47.0 Å². The summed E-state index contributed by atoms with van der Waals surface area (Å²) in [5, 5.41) is 3.19. The van der Waals surface area contributed by atoms with Crippen LogP contribution in [0.2, 0.25) is 10.0 Å². The van der Waals surface area contributed by atoms with Crippen molar-refractivity contribution in [3.63, 3.8) is 0 Å². The van der Waals surface area contributed by atoms with Crippen LogP contribution < -0.4 is 16.2 Å². The standard InChI is InChI=1S/C22H18Cl2N4O/c1-12-6-7-13(16-5-3-2-4-15(12)16)10-17-20(25)27-22(26)28-21(17)29-19-9-8-14(23)11-18(19)24/h2-9,11H,10H2,1H3,(H4,25,26,27,28). The lowest BCUT2D eigenvalue weighted by molar-refractivity contribution is 0.458. The third-order valence-corrected chi connectivity index (χ3v) is 5.25. The molecule has 29 heavy (non-hydrogen) atoms. The second-order valence-corrected chi connectivity index (χ2v) is 7.54. The number of hydrogen-bond acceptors (Lipinski definition) is 5. The van der Waals surface area contributed by atoms with E-state index in [0.29, 0.717) is 27.8 Å². The van der Waals surface area contributed by atoms with E-state index < -0.39 is 0 Å². The van der Waals surface area contributed by atoms with Gasteiger partial charge in [0, 0.05) is 11.4 Å². The summed E-state index contributed by atoms with van der Waals surface area (Å²) >= 11 is 12.2. The summed E-state index contributed by atoms with van der Waals surface area (Å²) in [5.41, 5.74) is 14.9. The molecule has 0 bridgehead atoms. The summed E-state index contributed by atoms with van der Waals surface area (Å²) in [6.45, 7) is 2.09. The molecule has 0 amide bonds. The first-order valence-corrected chi connectivity index (χ1v) is 9.70. The highest BCUT2D eigenvalue weighted by molar-refractivity contribution is 6.35. The SMILES string of the molecule is Cc1ccc(Cc2c(N)nc(N)nc2Oc2ccc(Cl)cc2Cl)c2ccccc12. The van der Waals surface area contributed by atoms with E-state index in [9.17, 15) is 0 Å². The van der Waals surface area contributed by atoms with Gasteiger partial charge in [-0.1, -0.05) is 59.6 Å². The Bertz CT molecular complexity index is 1230. The fourth-order valence-corrected chi connectivity index (χ4v) is 3.71. The molecule has 3 aromatic carbocycles. The number of hydrogen-bond donors (Lipinski definition) is 2. The second-order valence-electron chi connectivity index (χ2n) is 6.69. The summed E-state index contributed by atoms with van der Waals surface area (Å²) in [6.07, 6.45) is 0.480. The molecule has 0 unspecified atom stereocenters. The van der Waals surface area contributed by atoms with Crippen molar-refractivity contribution in [2.24, 2.45) is 0 Å². The summed E-state index contributed by atoms with van der Waals surface area (Å²) < 4.78 is 5.96. The minimum absolute atomic E-state index is 0.0279. The Morgan fingerprint density at radius 1 is 0.931 bits per heavy atom. The maximum atomic E-state index is 6.25. The molecule has 0 aliphatic heterocycles. The monoisotopic (exact) mass is 424 g/mol. The molecule has 0 atom stereocenters. The average molecular weight is 425 g/mol. The molecule has 0 radical (unpaired) electrons. The second kappa shape index (κ2) is 7.78. The van der Waals surface area contributed by atoms with Gasteiger partial charge in [-0.3, -0.25) is 0 Å². The molecule has 7 heteroatoms. The molecule has 5 nitrogen and oxygen atoms in total. The van der Waals surface area contributed by atoms with Crippen LogP contribution in [0.5, 0.6) is 11.6 Å². The molecular weight excluding hydrogens is 407 g/mol. The quantitative estimate of drug-likeness (QED) is 0.432. The van der Waals surface area contributed by atoms with Crippen molar-refractivity contribution in [1.82, 2.24) is 9.97 Å². The number of anilines is 2. The van der Waals surface area contributed by atoms with Crippen LogP contribution in [0.4, 0.5) is 11.8 Å². The van der Waals surface area contributed by atoms with Gasteiger partial charge >= 0.3 is 0 Å². The Kier molecular flexibility index (Phi) is 5.18. The molecule has 0 saturated heterocycles. The fraction of sp³-hybridized carbons (Fsp3) is 0.0909. The van der Waals surface area contributed by atoms with Crippen molar-refractivity contribution in [3.05, 3.63) is 81.3 Å². The van der Waals surface area contributed by atoms with E-state index in [1.54, 1.807) is 18.2 Å². The van der Waals surface area contributed by atoms with E-state index in [1.807, 2.05) is 12.1 Å². The maximum absolute atomic E-state index is 6.25. The summed E-state index contributed by atoms with van der Waals surface area (Å²) in [7, 11) is 0. The van der Waals surface area contributed by atoms with Crippen molar-refractivity contribution in [3.8, 4) is 11.6 Å². The molecule has 146 valence electrons. The smallest absolute Gasteiger partial charge is 0.229 e. The van der Waals surface area contributed by atoms with Crippen molar-refractivity contribution < 1.29 is 4.74 Å². The molecule has 4 N–H and O–H groups in total. The number of ether oxygens (including phenoxy) is 1. The van der Waals surface area contributed by atoms with Gasteiger partial charge in [0.2, 0.25) is 11.8 Å². The molecule has 0 saturated carbocycles. The number of benzene rings is 3. The zero-order valence-corrected chi connectivity index (χ0v) is 17.1. The highest BCUT2D eigenvalue weighted by atomic mass is 35.5. The number of nitrogens with two attached hydrogens (primary N) is 2. The minimum atomic E-state index is 0.0279. The predicted octanol–water partition coefficient (Wildman–Crippen LogP) is 5.79. The molecule has 0 aliphatic carbocycles. The first kappa shape index (κ1) is 19.3. The number of halogens is 2. The van der Waals surface area contributed by atoms with Gasteiger partial charge in [0.05, 0.1) is 10.6 Å². The van der Waals surface area contributed by atoms with Gasteiger partial charge in [-0.25, -0.2) is 0 Å². The van der Waals surface area contributed by atoms with Crippen LogP contribution in [0.15, 0.2) is 54.6 Å². The average Bonchev–Trinajstić information content (AvgIpc) is 2.68. The van der Waals surface area contributed by atoms with Crippen LogP contribution in [0.1, 0.15) is 16.7 Å². The molecule has 0 aliphatic rings. The Labute approximate surface area is 178 Å². The summed E-state index contributed by atoms with van der Waals surface area (Å²) in [6, 6.07) is 17.3. The van der Waals surface area contributed by atoms with E-state index in [-0.39, 0.29) is 17.6 Å². The number of fused-ring (bicyclic) bond motifs is 1. The topological polar surface area (TPSA) is 87.0 Å². The van der Waals surface area contributed by atoms with Gasteiger partial charge in [0.1, 0.15) is 11.6 Å². The van der Waals surface area contributed by atoms with E-state index in [4.69, 9.17) is 39.4 Å². The van der Waals surface area contributed by atoms with Gasteiger partial charge < -0.3 is 16.2 Å². The Morgan fingerprint density at radius 2 is 1.69 bits per heavy atom. The molecule has 4 aromatic rings. The largest absolute Gasteiger partial charge is 0.437 e. The highest BCUT2D eigenvalue weighted by Crippen LogP contribution is 2.35. The lowest BCUT2D eigenvalue weighted by Gasteiger charge is -2.15. The van der Waals surface area contributed by atoms with Crippen LogP contribution in [0.3, 0.4) is 0 Å². The zero-order valence-electron chi connectivity index (χ0n) is 15.6. The minimum Gasteiger partial charge on any atom is -0.437 e. The number of nitrogen functional groups attached to an aromatic ring is 2. The maximum Gasteiger partial charge on any atom is 0.229 e. The molecule has 1 heterocycles. The first-order valence-electron chi connectivity index (χ1n) is 8.94. The molecule has 4 rings (SSSR count). The molecule has 0 spiro atoms. The van der Waals surface area contributed by atoms with Crippen LogP contribution >= 0.6 is 23.2 Å². The number of aromatic nitrogens is 2. The van der Waals surface area contributed by atoms with Gasteiger partial charge in [0.15, 0.2) is 0 Å². The van der Waals surface area contributed by atoms with Crippen LogP contribution in [0, 0.1) is 6.92 Å². The number of aryl methyl sites for hydroxylation is 1. The van der Waals surface area contributed by atoms with Crippen molar-refractivity contribution in [2.75, 3.05) is 11.5 Å². The zero-order chi connectivity index (χ0) is 20.5. The lowest BCUT2D eigenvalue weighted by atomic mass is 9.96. The fourth-order valence-electron chi connectivity index (χ4n) is 3.27. The van der Waals surface area contributed by atoms with Crippen molar-refractivity contribution in [2.45, 2.75) is 13.3 Å². The molecule has 1 aromatic heterocycles. The van der Waals surface area contributed by atoms with Crippen molar-refractivity contribution >= 4 is 45.7 Å². The summed E-state index contributed by atoms with van der Waals surface area (Å²) in [4.78, 5) is 8.38. The van der Waals surface area contributed by atoms with E-state index in [0.717, 1.165) is 10.9 Å². The third kappa shape index (κ3) is 3.92. The van der Waals surface area contributed by atoms with Gasteiger partial charge in [0.25, 0.3) is 0 Å². The normalized spacial score (nSPS) is 11.0. The van der Waals surface area contributed by atoms with E-state index >= 15 is 0 Å². The summed E-state index contributed by atoms with van der Waals surface area (Å²) in [5.74, 6) is 0.967. The van der Waals surface area contributed by atoms with Gasteiger partial charge in [-0.15, -0.1) is 0 Å². The highest BCUT2D eigenvalue weighted by Gasteiger charge is 2.17. The van der Waals surface area contributed by atoms with E-state index in [2.05, 4.69) is 41.2 Å². The Balaban J connectivity index is 1.80. The Hall–Kier alpha value is -3.02. The Morgan fingerprint density at radius 3 is 2.45 bits per heavy atom. The van der Waals surface area contributed by atoms with Crippen LogP contribution in [-0.2, 0) is 6.42 Å². The third-order valence-electron chi connectivity index (χ3n) is 4.72. The van der Waals surface area contributed by atoms with Crippen LogP contribution in [0.25, 0.3) is 10.8 Å². The van der Waals surface area contributed by atoms with Gasteiger partial charge in [-0.2, -0.15) is 9.97 Å². The lowest BCUT2D eigenvalue weighted by Crippen LogP contribution is -2.08. The van der Waals surface area contributed by atoms with Crippen molar-refractivity contribution in [1.29, 1.82) is 0 Å². The van der Waals surface area contributed by atoms with Crippen LogP contribution in [-0.4, -0.2) is 9.97 Å². The first-order chi connectivity index (χ1) is 13.9. The molecular formula is C22H18Cl2N4O. The number of rotatable bonds is 4. The van der Waals surface area contributed by atoms with E-state index in [1.165, 1.54) is 10.9 Å². The predicted molar refractivity (Wildman–Crippen MR) is 119 cm³/mol. The molecule has 0 fully saturated rings.